The van der Waals surface area contributed by atoms with Crippen LogP contribution >= 0.6 is 0 Å². The monoisotopic (exact) mass is 400 g/mol. The van der Waals surface area contributed by atoms with Gasteiger partial charge in [-0.05, 0) is 68.4 Å². The Hall–Kier alpha value is -2.03. The fourth-order valence-corrected chi connectivity index (χ4v) is 4.39. The SMILES string of the molecule is C/C=C/C1CCC(C(F)=C(F)c2ccc3cc(CCCCC)ccc3c2F)CC1. The minimum absolute atomic E-state index is 0.260. The van der Waals surface area contributed by atoms with Gasteiger partial charge in [-0.2, -0.15) is 0 Å². The molecule has 0 amide bonds. The second-order valence-electron chi connectivity index (χ2n) is 8.24. The van der Waals surface area contributed by atoms with Crippen LogP contribution in [0.3, 0.4) is 0 Å². The standard InChI is InChI=1S/C26H31F3/c1-3-5-6-8-19-11-15-22-21(17-19)14-16-23(25(22)28)26(29)24(27)20-12-9-18(7-4-2)10-13-20/h4,7,11,14-18,20H,3,5-6,8-10,12-13H2,1-2H3/b7-4+,26-24?. The maximum atomic E-state index is 15.0. The van der Waals surface area contributed by atoms with Crippen LogP contribution in [0.1, 0.15) is 69.9 Å². The lowest BCUT2D eigenvalue weighted by Crippen LogP contribution is -2.14. The Morgan fingerprint density at radius 1 is 1.03 bits per heavy atom. The lowest BCUT2D eigenvalue weighted by atomic mass is 9.81. The lowest BCUT2D eigenvalue weighted by Gasteiger charge is -2.26. The molecule has 0 bridgehead atoms. The van der Waals surface area contributed by atoms with Crippen LogP contribution in [-0.2, 0) is 6.42 Å². The minimum Gasteiger partial charge on any atom is -0.208 e. The van der Waals surface area contributed by atoms with Gasteiger partial charge in [-0.1, -0.05) is 56.2 Å². The average molecular weight is 401 g/mol. The van der Waals surface area contributed by atoms with Gasteiger partial charge < -0.3 is 0 Å². The van der Waals surface area contributed by atoms with Crippen LogP contribution in [-0.4, -0.2) is 0 Å². The Morgan fingerprint density at radius 3 is 2.48 bits per heavy atom. The van der Waals surface area contributed by atoms with Crippen molar-refractivity contribution in [2.45, 2.75) is 65.2 Å². The number of halogens is 3. The quantitative estimate of drug-likeness (QED) is 0.322. The Labute approximate surface area is 172 Å². The van der Waals surface area contributed by atoms with Gasteiger partial charge in [0, 0.05) is 16.9 Å². The number of unbranched alkanes of at least 4 members (excludes halogenated alkanes) is 2. The Morgan fingerprint density at radius 2 is 1.79 bits per heavy atom. The molecule has 0 atom stereocenters. The first-order valence-electron chi connectivity index (χ1n) is 10.9. The zero-order valence-corrected chi connectivity index (χ0v) is 17.5. The molecule has 1 aliphatic rings. The van der Waals surface area contributed by atoms with E-state index in [-0.39, 0.29) is 5.56 Å². The van der Waals surface area contributed by atoms with Gasteiger partial charge in [0.15, 0.2) is 5.83 Å². The number of fused-ring (bicyclic) bond motifs is 1. The summed E-state index contributed by atoms with van der Waals surface area (Å²) in [5, 5.41) is 1.09. The third-order valence-corrected chi connectivity index (χ3v) is 6.13. The Balaban J connectivity index is 1.82. The van der Waals surface area contributed by atoms with Crippen molar-refractivity contribution in [3.63, 3.8) is 0 Å². The molecule has 0 aromatic heterocycles. The molecule has 1 aliphatic carbocycles. The molecule has 3 heteroatoms. The summed E-state index contributed by atoms with van der Waals surface area (Å²) in [6.07, 6.45) is 11.4. The fourth-order valence-electron chi connectivity index (χ4n) is 4.39. The highest BCUT2D eigenvalue weighted by Gasteiger charge is 2.27. The van der Waals surface area contributed by atoms with E-state index in [0.29, 0.717) is 24.1 Å². The highest BCUT2D eigenvalue weighted by atomic mass is 19.2. The molecule has 0 nitrogen and oxygen atoms in total. The minimum atomic E-state index is -1.04. The number of hydrogen-bond acceptors (Lipinski definition) is 0. The summed E-state index contributed by atoms with van der Waals surface area (Å²) in [4.78, 5) is 0. The third-order valence-electron chi connectivity index (χ3n) is 6.13. The summed E-state index contributed by atoms with van der Waals surface area (Å²) in [5.74, 6) is -2.51. The topological polar surface area (TPSA) is 0 Å². The smallest absolute Gasteiger partial charge is 0.165 e. The lowest BCUT2D eigenvalue weighted by molar-refractivity contribution is 0.304. The second-order valence-corrected chi connectivity index (χ2v) is 8.24. The van der Waals surface area contributed by atoms with Crippen LogP contribution in [0.25, 0.3) is 16.6 Å². The Kier molecular flexibility index (Phi) is 7.57. The first-order valence-corrected chi connectivity index (χ1v) is 10.9. The van der Waals surface area contributed by atoms with Gasteiger partial charge >= 0.3 is 0 Å². The van der Waals surface area contributed by atoms with Gasteiger partial charge in [0.1, 0.15) is 11.6 Å². The van der Waals surface area contributed by atoms with Crippen molar-refractivity contribution in [1.29, 1.82) is 0 Å². The van der Waals surface area contributed by atoms with Crippen LogP contribution in [0.5, 0.6) is 0 Å². The second kappa shape index (κ2) is 10.1. The zero-order chi connectivity index (χ0) is 20.8. The van der Waals surface area contributed by atoms with Gasteiger partial charge in [0.2, 0.25) is 0 Å². The molecule has 0 saturated heterocycles. The van der Waals surface area contributed by atoms with Crippen LogP contribution in [0, 0.1) is 17.7 Å². The largest absolute Gasteiger partial charge is 0.208 e. The van der Waals surface area contributed by atoms with Gasteiger partial charge in [0.25, 0.3) is 0 Å². The van der Waals surface area contributed by atoms with E-state index in [1.165, 1.54) is 6.07 Å². The molecule has 0 aliphatic heterocycles. The molecule has 1 saturated carbocycles. The maximum Gasteiger partial charge on any atom is 0.165 e. The summed E-state index contributed by atoms with van der Waals surface area (Å²) in [6.45, 7) is 4.13. The number of hydrogen-bond donors (Lipinski definition) is 0. The van der Waals surface area contributed by atoms with Crippen molar-refractivity contribution in [1.82, 2.24) is 0 Å². The summed E-state index contributed by atoms with van der Waals surface area (Å²) >= 11 is 0. The molecule has 1 fully saturated rings. The molecule has 0 N–H and O–H groups in total. The summed E-state index contributed by atoms with van der Waals surface area (Å²) in [5.41, 5.74) is 0.891. The van der Waals surface area contributed by atoms with Crippen molar-refractivity contribution < 1.29 is 13.2 Å². The van der Waals surface area contributed by atoms with Crippen molar-refractivity contribution >= 4 is 16.6 Å². The summed E-state index contributed by atoms with van der Waals surface area (Å²) < 4.78 is 44.7. The molecule has 0 heterocycles. The van der Waals surface area contributed by atoms with E-state index in [2.05, 4.69) is 13.0 Å². The van der Waals surface area contributed by atoms with E-state index in [1.807, 2.05) is 25.1 Å². The fraction of sp³-hybridized carbons (Fsp3) is 0.462. The molecule has 29 heavy (non-hydrogen) atoms. The van der Waals surface area contributed by atoms with E-state index < -0.39 is 23.4 Å². The van der Waals surface area contributed by atoms with E-state index in [4.69, 9.17) is 0 Å². The molecule has 0 spiro atoms. The number of rotatable bonds is 7. The molecule has 0 unspecified atom stereocenters. The molecule has 2 aromatic rings. The van der Waals surface area contributed by atoms with Crippen LogP contribution in [0.2, 0.25) is 0 Å². The number of allylic oxidation sites excluding steroid dienone is 3. The van der Waals surface area contributed by atoms with Crippen molar-refractivity contribution in [2.75, 3.05) is 0 Å². The van der Waals surface area contributed by atoms with Crippen molar-refractivity contribution in [2.24, 2.45) is 11.8 Å². The van der Waals surface area contributed by atoms with Gasteiger partial charge in [-0.3, -0.25) is 0 Å². The van der Waals surface area contributed by atoms with Gasteiger partial charge in [-0.25, -0.2) is 13.2 Å². The molecule has 0 radical (unpaired) electrons. The van der Waals surface area contributed by atoms with Gasteiger partial charge in [-0.15, -0.1) is 0 Å². The molecule has 3 rings (SSSR count). The van der Waals surface area contributed by atoms with Crippen molar-refractivity contribution in [3.8, 4) is 0 Å². The average Bonchev–Trinajstić information content (AvgIpc) is 2.74. The highest BCUT2D eigenvalue weighted by molar-refractivity contribution is 5.87. The van der Waals surface area contributed by atoms with Crippen LogP contribution in [0.4, 0.5) is 13.2 Å². The predicted molar refractivity (Wildman–Crippen MR) is 117 cm³/mol. The van der Waals surface area contributed by atoms with E-state index in [1.54, 1.807) is 12.1 Å². The van der Waals surface area contributed by atoms with Gasteiger partial charge in [0.05, 0.1) is 0 Å². The normalized spacial score (nSPS) is 21.0. The summed E-state index contributed by atoms with van der Waals surface area (Å²) in [6, 6.07) is 8.63. The highest BCUT2D eigenvalue weighted by Crippen LogP contribution is 2.39. The summed E-state index contributed by atoms with van der Waals surface area (Å²) in [7, 11) is 0. The number of benzene rings is 2. The Bertz CT molecular complexity index is 886. The van der Waals surface area contributed by atoms with Crippen molar-refractivity contribution in [3.05, 3.63) is 65.3 Å². The third kappa shape index (κ3) is 5.12. The molecular weight excluding hydrogens is 369 g/mol. The van der Waals surface area contributed by atoms with E-state index in [0.717, 1.165) is 49.5 Å². The zero-order valence-electron chi connectivity index (χ0n) is 17.5. The van der Waals surface area contributed by atoms with Crippen LogP contribution < -0.4 is 0 Å². The number of aryl methyl sites for hydroxylation is 1. The molecule has 156 valence electrons. The first-order chi connectivity index (χ1) is 14.0. The molecule has 2 aromatic carbocycles. The first kappa shape index (κ1) is 21.7. The predicted octanol–water partition coefficient (Wildman–Crippen LogP) is 8.70. The van der Waals surface area contributed by atoms with E-state index >= 15 is 0 Å². The van der Waals surface area contributed by atoms with Crippen LogP contribution in [0.15, 0.2) is 48.3 Å². The van der Waals surface area contributed by atoms with E-state index in [9.17, 15) is 13.2 Å². The molecular formula is C26H31F3. The maximum absolute atomic E-state index is 15.0.